The molecule has 0 heterocycles. The minimum absolute atomic E-state index is 0.0647. The second kappa shape index (κ2) is 3.81. The predicted molar refractivity (Wildman–Crippen MR) is 74.7 cm³/mol. The first kappa shape index (κ1) is 11.7. The highest BCUT2D eigenvalue weighted by Gasteiger charge is 2.40. The largest absolute Gasteiger partial charge is 0.294 e. The fraction of sp³-hybridized carbons (Fsp3) is 0.471. The van der Waals surface area contributed by atoms with Crippen LogP contribution < -0.4 is 0 Å². The molecule has 2 aliphatic carbocycles. The molecule has 0 aliphatic heterocycles. The lowest BCUT2D eigenvalue weighted by molar-refractivity contribution is -0.118. The molecule has 0 bridgehead atoms. The van der Waals surface area contributed by atoms with Crippen molar-refractivity contribution in [1.82, 2.24) is 0 Å². The molecule has 0 aromatic heterocycles. The van der Waals surface area contributed by atoms with Gasteiger partial charge in [0.2, 0.25) is 0 Å². The number of hydrogen-bond donors (Lipinski definition) is 0. The Kier molecular flexibility index (Phi) is 2.48. The zero-order chi connectivity index (χ0) is 12.9. The highest BCUT2D eigenvalue weighted by atomic mass is 16.1. The first-order chi connectivity index (χ1) is 8.50. The van der Waals surface area contributed by atoms with E-state index in [0.29, 0.717) is 5.78 Å². The lowest BCUT2D eigenvalue weighted by Gasteiger charge is -2.34. The number of aryl methyl sites for hydroxylation is 1. The fourth-order valence-electron chi connectivity index (χ4n) is 3.66. The first-order valence-corrected chi connectivity index (χ1v) is 6.85. The zero-order valence-electron chi connectivity index (χ0n) is 11.4. The summed E-state index contributed by atoms with van der Waals surface area (Å²) in [5, 5.41) is 0. The van der Waals surface area contributed by atoms with Gasteiger partial charge in [0.05, 0.1) is 5.92 Å². The Morgan fingerprint density at radius 2 is 2.00 bits per heavy atom. The van der Waals surface area contributed by atoms with Crippen LogP contribution in [0.1, 0.15) is 54.9 Å². The summed E-state index contributed by atoms with van der Waals surface area (Å²) in [7, 11) is 0. The fourth-order valence-corrected chi connectivity index (χ4v) is 3.66. The summed E-state index contributed by atoms with van der Waals surface area (Å²) in [6, 6.07) is 4.37. The van der Waals surface area contributed by atoms with E-state index < -0.39 is 0 Å². The summed E-state index contributed by atoms with van der Waals surface area (Å²) in [5.41, 5.74) is 5.44. The summed E-state index contributed by atoms with van der Waals surface area (Å²) < 4.78 is 0. The Morgan fingerprint density at radius 3 is 2.78 bits per heavy atom. The molecule has 0 fully saturated rings. The van der Waals surface area contributed by atoms with Crippen LogP contribution in [0.2, 0.25) is 0 Å². The van der Waals surface area contributed by atoms with E-state index in [0.717, 1.165) is 12.8 Å². The SMILES string of the molecule is Cc1ccc2c3c1CCCC(C)(C)C3C(=O)C=C2. The van der Waals surface area contributed by atoms with Crippen molar-refractivity contribution in [3.05, 3.63) is 40.5 Å². The van der Waals surface area contributed by atoms with E-state index in [2.05, 4.69) is 32.9 Å². The van der Waals surface area contributed by atoms with E-state index in [1.807, 2.05) is 6.08 Å². The number of hydrogen-bond acceptors (Lipinski definition) is 1. The molecule has 1 aromatic rings. The van der Waals surface area contributed by atoms with Gasteiger partial charge in [0.25, 0.3) is 0 Å². The quantitative estimate of drug-likeness (QED) is 0.669. The number of allylic oxidation sites excluding steroid dienone is 1. The van der Waals surface area contributed by atoms with Gasteiger partial charge in [0, 0.05) is 0 Å². The molecule has 1 atom stereocenters. The molecule has 0 amide bonds. The van der Waals surface area contributed by atoms with Crippen molar-refractivity contribution in [2.75, 3.05) is 0 Å². The lowest BCUT2D eigenvalue weighted by atomic mass is 9.68. The Labute approximate surface area is 109 Å². The van der Waals surface area contributed by atoms with Crippen LogP contribution in [0, 0.1) is 12.3 Å². The van der Waals surface area contributed by atoms with Crippen LogP contribution in [0.5, 0.6) is 0 Å². The van der Waals surface area contributed by atoms with Crippen molar-refractivity contribution in [3.8, 4) is 0 Å². The number of benzene rings is 1. The van der Waals surface area contributed by atoms with Crippen molar-refractivity contribution >= 4 is 11.9 Å². The normalized spacial score (nSPS) is 24.6. The van der Waals surface area contributed by atoms with Gasteiger partial charge in [0.15, 0.2) is 5.78 Å². The third-order valence-corrected chi connectivity index (χ3v) is 4.65. The number of carbonyl (C=O) groups excluding carboxylic acids is 1. The highest BCUT2D eigenvalue weighted by molar-refractivity contribution is 6.03. The van der Waals surface area contributed by atoms with Crippen LogP contribution in [0.4, 0.5) is 0 Å². The van der Waals surface area contributed by atoms with Crippen LogP contribution >= 0.6 is 0 Å². The molecule has 0 saturated carbocycles. The topological polar surface area (TPSA) is 17.1 Å². The number of rotatable bonds is 0. The summed E-state index contributed by atoms with van der Waals surface area (Å²) >= 11 is 0. The number of carbonyl (C=O) groups is 1. The van der Waals surface area contributed by atoms with E-state index in [4.69, 9.17) is 0 Å². The van der Waals surface area contributed by atoms with Crippen LogP contribution in [-0.2, 0) is 11.2 Å². The lowest BCUT2D eigenvalue weighted by Crippen LogP contribution is -2.29. The molecule has 0 spiro atoms. The third kappa shape index (κ3) is 1.57. The van der Waals surface area contributed by atoms with Gasteiger partial charge in [-0.1, -0.05) is 32.1 Å². The van der Waals surface area contributed by atoms with Crippen LogP contribution in [0.3, 0.4) is 0 Å². The molecule has 18 heavy (non-hydrogen) atoms. The van der Waals surface area contributed by atoms with Crippen molar-refractivity contribution in [1.29, 1.82) is 0 Å². The molecule has 0 radical (unpaired) electrons. The van der Waals surface area contributed by atoms with Crippen molar-refractivity contribution in [2.45, 2.75) is 46.0 Å². The van der Waals surface area contributed by atoms with E-state index in [1.54, 1.807) is 6.08 Å². The highest BCUT2D eigenvalue weighted by Crippen LogP contribution is 2.48. The maximum atomic E-state index is 12.4. The van der Waals surface area contributed by atoms with Crippen molar-refractivity contribution in [3.63, 3.8) is 0 Å². The van der Waals surface area contributed by atoms with Gasteiger partial charge in [-0.05, 0) is 59.9 Å². The maximum Gasteiger partial charge on any atom is 0.163 e. The van der Waals surface area contributed by atoms with Gasteiger partial charge in [-0.3, -0.25) is 4.79 Å². The summed E-state index contributed by atoms with van der Waals surface area (Å²) in [4.78, 5) is 12.4. The second-order valence-electron chi connectivity index (χ2n) is 6.37. The maximum absolute atomic E-state index is 12.4. The third-order valence-electron chi connectivity index (χ3n) is 4.65. The van der Waals surface area contributed by atoms with Gasteiger partial charge >= 0.3 is 0 Å². The van der Waals surface area contributed by atoms with E-state index >= 15 is 0 Å². The molecule has 0 N–H and O–H groups in total. The summed E-state index contributed by atoms with van der Waals surface area (Å²) in [6.45, 7) is 6.67. The van der Waals surface area contributed by atoms with Gasteiger partial charge in [-0.25, -0.2) is 0 Å². The Balaban J connectivity index is 2.32. The Bertz CT molecular complexity index is 549. The molecule has 0 saturated heterocycles. The summed E-state index contributed by atoms with van der Waals surface area (Å²) in [5.74, 6) is 0.358. The summed E-state index contributed by atoms with van der Waals surface area (Å²) in [6.07, 6.45) is 7.21. The van der Waals surface area contributed by atoms with Crippen LogP contribution in [0.15, 0.2) is 18.2 Å². The number of ketones is 1. The minimum Gasteiger partial charge on any atom is -0.294 e. The predicted octanol–water partition coefficient (Wildman–Crippen LogP) is 4.04. The van der Waals surface area contributed by atoms with Gasteiger partial charge in [-0.15, -0.1) is 0 Å². The van der Waals surface area contributed by atoms with Gasteiger partial charge in [-0.2, -0.15) is 0 Å². The van der Waals surface area contributed by atoms with E-state index in [1.165, 1.54) is 28.7 Å². The molecular weight excluding hydrogens is 220 g/mol. The average Bonchev–Trinajstić information content (AvgIpc) is 2.45. The molecule has 2 aliphatic rings. The van der Waals surface area contributed by atoms with Crippen LogP contribution in [-0.4, -0.2) is 5.78 Å². The van der Waals surface area contributed by atoms with Gasteiger partial charge in [0.1, 0.15) is 0 Å². The smallest absolute Gasteiger partial charge is 0.163 e. The van der Waals surface area contributed by atoms with E-state index in [9.17, 15) is 4.79 Å². The standard InChI is InChI=1S/C17H20O/c1-11-6-7-12-8-9-14(18)16-15(12)13(11)5-4-10-17(16,2)3/h6-9,16H,4-5,10H2,1-3H3. The molecule has 1 unspecified atom stereocenters. The average molecular weight is 240 g/mol. The first-order valence-electron chi connectivity index (χ1n) is 6.85. The van der Waals surface area contributed by atoms with Crippen molar-refractivity contribution < 1.29 is 4.79 Å². The van der Waals surface area contributed by atoms with Crippen molar-refractivity contribution in [2.24, 2.45) is 5.41 Å². The monoisotopic (exact) mass is 240 g/mol. The minimum atomic E-state index is 0.0647. The molecule has 3 rings (SSSR count). The molecule has 1 nitrogen and oxygen atoms in total. The van der Waals surface area contributed by atoms with Gasteiger partial charge < -0.3 is 0 Å². The Hall–Kier alpha value is -1.37. The van der Waals surface area contributed by atoms with Crippen LogP contribution in [0.25, 0.3) is 6.08 Å². The second-order valence-corrected chi connectivity index (χ2v) is 6.37. The Morgan fingerprint density at radius 1 is 1.22 bits per heavy atom. The van der Waals surface area contributed by atoms with E-state index in [-0.39, 0.29) is 11.3 Å². The molecule has 1 aromatic carbocycles. The zero-order valence-corrected chi connectivity index (χ0v) is 11.4. The molecule has 94 valence electrons. The molecular formula is C17H20O. The molecule has 1 heteroatoms.